The van der Waals surface area contributed by atoms with E-state index in [1.807, 2.05) is 37.2 Å². The molecule has 0 saturated heterocycles. The van der Waals surface area contributed by atoms with Gasteiger partial charge in [0, 0.05) is 19.8 Å². The number of ether oxygens (including phenoxy) is 3. The smallest absolute Gasteiger partial charge is 0.338 e. The molecular weight excluding hydrogens is 348 g/mol. The third kappa shape index (κ3) is 6.22. The van der Waals surface area contributed by atoms with E-state index >= 15 is 0 Å². The lowest BCUT2D eigenvalue weighted by atomic mass is 10.2. The molecule has 0 aromatic heterocycles. The van der Waals surface area contributed by atoms with Crippen molar-refractivity contribution < 1.29 is 23.8 Å². The second kappa shape index (κ2) is 10.1. The zero-order valence-corrected chi connectivity index (χ0v) is 15.7. The monoisotopic (exact) mass is 372 g/mol. The highest BCUT2D eigenvalue weighted by Gasteiger charge is 2.11. The van der Waals surface area contributed by atoms with Crippen LogP contribution in [0.4, 0.5) is 5.69 Å². The van der Waals surface area contributed by atoms with Crippen LogP contribution in [0, 0.1) is 0 Å². The van der Waals surface area contributed by atoms with Gasteiger partial charge in [-0.15, -0.1) is 0 Å². The first-order valence-electron chi connectivity index (χ1n) is 8.48. The maximum atomic E-state index is 12.1. The molecule has 27 heavy (non-hydrogen) atoms. The van der Waals surface area contributed by atoms with E-state index in [-0.39, 0.29) is 19.8 Å². The fourth-order valence-corrected chi connectivity index (χ4v) is 2.27. The highest BCUT2D eigenvalue weighted by molar-refractivity contribution is 5.92. The number of hydrogen-bond donors (Lipinski definition) is 1. The number of rotatable bonds is 9. The largest absolute Gasteiger partial charge is 0.493 e. The number of carbonyl (C=O) groups is 2. The van der Waals surface area contributed by atoms with Crippen molar-refractivity contribution >= 4 is 17.6 Å². The number of nitrogens with zero attached hydrogens (tertiary/aromatic N) is 1. The van der Waals surface area contributed by atoms with Crippen molar-refractivity contribution in [1.29, 1.82) is 0 Å². The third-order valence-electron chi connectivity index (χ3n) is 3.68. The number of amides is 1. The van der Waals surface area contributed by atoms with Crippen molar-refractivity contribution in [1.82, 2.24) is 5.32 Å². The molecule has 0 aliphatic heterocycles. The molecule has 0 radical (unpaired) electrons. The van der Waals surface area contributed by atoms with E-state index in [1.165, 1.54) is 0 Å². The Labute approximate surface area is 158 Å². The molecule has 2 aromatic carbocycles. The van der Waals surface area contributed by atoms with Crippen LogP contribution in [0.3, 0.4) is 0 Å². The lowest BCUT2D eigenvalue weighted by Gasteiger charge is -2.13. The zero-order chi connectivity index (χ0) is 19.6. The van der Waals surface area contributed by atoms with Crippen molar-refractivity contribution in [2.45, 2.75) is 0 Å². The van der Waals surface area contributed by atoms with E-state index in [4.69, 9.17) is 14.2 Å². The fourth-order valence-electron chi connectivity index (χ4n) is 2.27. The van der Waals surface area contributed by atoms with Gasteiger partial charge in [0.15, 0.2) is 18.1 Å². The average Bonchev–Trinajstić information content (AvgIpc) is 2.69. The summed E-state index contributed by atoms with van der Waals surface area (Å²) >= 11 is 0. The molecule has 7 nitrogen and oxygen atoms in total. The SMILES string of the molecule is COc1ccccc1OCCNC(=O)COC(=O)c1cccc(N(C)C)c1. The van der Waals surface area contributed by atoms with Gasteiger partial charge >= 0.3 is 5.97 Å². The van der Waals surface area contributed by atoms with Crippen LogP contribution in [-0.2, 0) is 9.53 Å². The van der Waals surface area contributed by atoms with Crippen LogP contribution in [0.2, 0.25) is 0 Å². The Morgan fingerprint density at radius 1 is 1.04 bits per heavy atom. The predicted molar refractivity (Wildman–Crippen MR) is 103 cm³/mol. The van der Waals surface area contributed by atoms with Crippen molar-refractivity contribution in [3.8, 4) is 11.5 Å². The van der Waals surface area contributed by atoms with Gasteiger partial charge in [-0.2, -0.15) is 0 Å². The number of carbonyl (C=O) groups excluding carboxylic acids is 2. The molecule has 0 fully saturated rings. The molecule has 1 amide bonds. The maximum Gasteiger partial charge on any atom is 0.338 e. The molecule has 7 heteroatoms. The van der Waals surface area contributed by atoms with E-state index in [1.54, 1.807) is 37.4 Å². The number of anilines is 1. The summed E-state index contributed by atoms with van der Waals surface area (Å²) in [5.41, 5.74) is 1.27. The van der Waals surface area contributed by atoms with Crippen LogP contribution in [0.1, 0.15) is 10.4 Å². The molecule has 0 aliphatic carbocycles. The van der Waals surface area contributed by atoms with Gasteiger partial charge in [-0.1, -0.05) is 18.2 Å². The lowest BCUT2D eigenvalue weighted by Crippen LogP contribution is -2.32. The molecular formula is C20H24N2O5. The molecule has 144 valence electrons. The normalized spacial score (nSPS) is 10.0. The van der Waals surface area contributed by atoms with Gasteiger partial charge in [-0.05, 0) is 30.3 Å². The van der Waals surface area contributed by atoms with Gasteiger partial charge in [0.05, 0.1) is 19.2 Å². The van der Waals surface area contributed by atoms with Crippen LogP contribution >= 0.6 is 0 Å². The standard InChI is InChI=1S/C20H24N2O5/c1-22(2)16-8-6-7-15(13-16)20(24)27-14-19(23)21-11-12-26-18-10-5-4-9-17(18)25-3/h4-10,13H,11-12,14H2,1-3H3,(H,21,23). The number of nitrogens with one attached hydrogen (secondary N) is 1. The van der Waals surface area contributed by atoms with Crippen molar-refractivity contribution in [2.24, 2.45) is 0 Å². The molecule has 0 saturated carbocycles. The van der Waals surface area contributed by atoms with E-state index < -0.39 is 11.9 Å². The van der Waals surface area contributed by atoms with E-state index in [0.29, 0.717) is 17.1 Å². The molecule has 2 aromatic rings. The van der Waals surface area contributed by atoms with Gasteiger partial charge in [-0.3, -0.25) is 4.79 Å². The summed E-state index contributed by atoms with van der Waals surface area (Å²) in [5.74, 6) is 0.286. The molecule has 2 rings (SSSR count). The second-order valence-electron chi connectivity index (χ2n) is 5.87. The van der Waals surface area contributed by atoms with E-state index in [0.717, 1.165) is 5.69 Å². The van der Waals surface area contributed by atoms with Gasteiger partial charge in [0.25, 0.3) is 5.91 Å². The number of para-hydroxylation sites is 2. The number of esters is 1. The molecule has 0 unspecified atom stereocenters. The van der Waals surface area contributed by atoms with Gasteiger partial charge in [-0.25, -0.2) is 4.79 Å². The Kier molecular flexibility index (Phi) is 7.49. The Hall–Kier alpha value is -3.22. The van der Waals surface area contributed by atoms with Crippen LogP contribution in [0.25, 0.3) is 0 Å². The summed E-state index contributed by atoms with van der Waals surface area (Å²) in [6.45, 7) is 0.204. The lowest BCUT2D eigenvalue weighted by molar-refractivity contribution is -0.124. The molecule has 1 N–H and O–H groups in total. The minimum atomic E-state index is -0.542. The first-order valence-corrected chi connectivity index (χ1v) is 8.48. The maximum absolute atomic E-state index is 12.1. The summed E-state index contributed by atoms with van der Waals surface area (Å²) in [6, 6.07) is 14.3. The first-order chi connectivity index (χ1) is 13.0. The highest BCUT2D eigenvalue weighted by atomic mass is 16.5. The van der Waals surface area contributed by atoms with Crippen LogP contribution in [-0.4, -0.2) is 52.8 Å². The van der Waals surface area contributed by atoms with Crippen LogP contribution in [0.15, 0.2) is 48.5 Å². The summed E-state index contributed by atoms with van der Waals surface area (Å²) in [4.78, 5) is 25.7. The van der Waals surface area contributed by atoms with Crippen molar-refractivity contribution in [3.63, 3.8) is 0 Å². The molecule has 0 atom stereocenters. The predicted octanol–water partition coefficient (Wildman–Crippen LogP) is 2.11. The average molecular weight is 372 g/mol. The summed E-state index contributed by atoms with van der Waals surface area (Å²) in [6.07, 6.45) is 0. The Bertz CT molecular complexity index is 776. The molecule has 0 bridgehead atoms. The first kappa shape index (κ1) is 20.1. The quantitative estimate of drug-likeness (QED) is 0.537. The van der Waals surface area contributed by atoms with E-state index in [9.17, 15) is 9.59 Å². The minimum absolute atomic E-state index is 0.269. The Morgan fingerprint density at radius 3 is 2.48 bits per heavy atom. The Morgan fingerprint density at radius 2 is 1.78 bits per heavy atom. The minimum Gasteiger partial charge on any atom is -0.493 e. The number of benzene rings is 2. The molecule has 0 aliphatic rings. The molecule has 0 spiro atoms. The van der Waals surface area contributed by atoms with Gasteiger partial charge in [0.1, 0.15) is 6.61 Å². The van der Waals surface area contributed by atoms with Gasteiger partial charge in [0.2, 0.25) is 0 Å². The Balaban J connectivity index is 1.71. The third-order valence-corrected chi connectivity index (χ3v) is 3.68. The van der Waals surface area contributed by atoms with Crippen molar-refractivity contribution in [3.05, 3.63) is 54.1 Å². The van der Waals surface area contributed by atoms with Gasteiger partial charge < -0.3 is 24.4 Å². The molecule has 0 heterocycles. The van der Waals surface area contributed by atoms with E-state index in [2.05, 4.69) is 5.32 Å². The fraction of sp³-hybridized carbons (Fsp3) is 0.300. The second-order valence-corrected chi connectivity index (χ2v) is 5.87. The van der Waals surface area contributed by atoms with Crippen LogP contribution < -0.4 is 19.7 Å². The summed E-state index contributed by atoms with van der Waals surface area (Å²) in [7, 11) is 5.32. The zero-order valence-electron chi connectivity index (χ0n) is 15.7. The van der Waals surface area contributed by atoms with Crippen molar-refractivity contribution in [2.75, 3.05) is 45.9 Å². The number of methoxy groups -OCH3 is 1. The van der Waals surface area contributed by atoms with Crippen LogP contribution in [0.5, 0.6) is 11.5 Å². The summed E-state index contributed by atoms with van der Waals surface area (Å²) < 4.78 is 15.8. The topological polar surface area (TPSA) is 77.1 Å². The highest BCUT2D eigenvalue weighted by Crippen LogP contribution is 2.25. The summed E-state index contributed by atoms with van der Waals surface area (Å²) in [5, 5.41) is 2.64. The number of hydrogen-bond acceptors (Lipinski definition) is 6.